The lowest BCUT2D eigenvalue weighted by Crippen LogP contribution is -2.35. The number of hydrogen-bond donors (Lipinski definition) is 0. The average molecular weight is 380 g/mol. The Hall–Kier alpha value is -1.95. The minimum Gasteiger partial charge on any atom is -0.460 e. The fourth-order valence-electron chi connectivity index (χ4n) is 2.82. The van der Waals surface area contributed by atoms with Gasteiger partial charge in [0, 0.05) is 13.3 Å². The van der Waals surface area contributed by atoms with Crippen LogP contribution in [-0.4, -0.2) is 35.7 Å². The minimum atomic E-state index is -0.835. The molecule has 6 heteroatoms. The summed E-state index contributed by atoms with van der Waals surface area (Å²) in [6.07, 6.45) is 6.22. The van der Waals surface area contributed by atoms with Gasteiger partial charge in [0.25, 0.3) is 0 Å². The molecule has 0 saturated carbocycles. The van der Waals surface area contributed by atoms with E-state index in [0.717, 1.165) is 24.8 Å². The molecule has 1 unspecified atom stereocenters. The topological polar surface area (TPSA) is 78.9 Å². The third-order valence-corrected chi connectivity index (χ3v) is 3.90. The van der Waals surface area contributed by atoms with E-state index in [4.69, 9.17) is 14.2 Å². The fraction of sp³-hybridized carbons (Fsp3) is 0.667. The number of carbonyl (C=O) groups excluding carboxylic acids is 3. The van der Waals surface area contributed by atoms with E-state index in [1.54, 1.807) is 0 Å². The van der Waals surface area contributed by atoms with E-state index in [2.05, 4.69) is 6.92 Å². The van der Waals surface area contributed by atoms with Crippen LogP contribution in [0.2, 0.25) is 0 Å². The largest absolute Gasteiger partial charge is 0.460 e. The fourth-order valence-corrected chi connectivity index (χ4v) is 2.82. The summed E-state index contributed by atoms with van der Waals surface area (Å²) in [5.74, 6) is -0.563. The van der Waals surface area contributed by atoms with Gasteiger partial charge in [-0.3, -0.25) is 14.4 Å². The molecule has 1 aliphatic heterocycles. The predicted molar refractivity (Wildman–Crippen MR) is 102 cm³/mol. The Morgan fingerprint density at radius 2 is 1.93 bits per heavy atom. The van der Waals surface area contributed by atoms with Gasteiger partial charge in [-0.1, -0.05) is 19.4 Å². The molecule has 0 bridgehead atoms. The molecule has 1 aliphatic rings. The van der Waals surface area contributed by atoms with Crippen LogP contribution in [0.25, 0.3) is 0 Å². The molecule has 1 rings (SSSR count). The summed E-state index contributed by atoms with van der Waals surface area (Å²) in [7, 11) is 0. The molecule has 0 spiro atoms. The van der Waals surface area contributed by atoms with E-state index in [0.29, 0.717) is 6.42 Å². The highest BCUT2D eigenvalue weighted by Crippen LogP contribution is 2.21. The van der Waals surface area contributed by atoms with Gasteiger partial charge in [-0.2, -0.15) is 0 Å². The van der Waals surface area contributed by atoms with Crippen LogP contribution in [0, 0.1) is 5.92 Å². The van der Waals surface area contributed by atoms with Crippen LogP contribution >= 0.6 is 0 Å². The first-order valence-corrected chi connectivity index (χ1v) is 9.43. The van der Waals surface area contributed by atoms with E-state index in [1.807, 2.05) is 33.8 Å². The number of carbonyl (C=O) groups is 3. The molecule has 152 valence electrons. The zero-order chi connectivity index (χ0) is 20.6. The van der Waals surface area contributed by atoms with Crippen LogP contribution in [0.15, 0.2) is 23.8 Å². The highest BCUT2D eigenvalue weighted by molar-refractivity contribution is 5.96. The summed E-state index contributed by atoms with van der Waals surface area (Å²) >= 11 is 0. The van der Waals surface area contributed by atoms with Crippen LogP contribution in [-0.2, 0) is 28.6 Å². The van der Waals surface area contributed by atoms with Crippen molar-refractivity contribution in [2.45, 2.75) is 85.2 Å². The number of rotatable bonds is 8. The van der Waals surface area contributed by atoms with Gasteiger partial charge in [0.05, 0.1) is 0 Å². The van der Waals surface area contributed by atoms with Gasteiger partial charge in [0.15, 0.2) is 5.78 Å². The first-order valence-electron chi connectivity index (χ1n) is 9.43. The highest BCUT2D eigenvalue weighted by Gasteiger charge is 2.28. The lowest BCUT2D eigenvalue weighted by molar-refractivity contribution is -0.176. The Kier molecular flexibility index (Phi) is 8.89. The summed E-state index contributed by atoms with van der Waals surface area (Å²) < 4.78 is 15.8. The quantitative estimate of drug-likeness (QED) is 0.361. The van der Waals surface area contributed by atoms with Gasteiger partial charge in [-0.25, -0.2) is 0 Å². The standard InChI is InChI=1S/C21H32O6/c1-14(9-7-8-10-18(24)27-21(4,5)6)13-15(2)20-17(23)11-12-19(26-20)25-16(3)22/h11-14,19-20H,7-10H2,1-6H3/b15-13+/t14-,19?,20+/m1/s1. The maximum Gasteiger partial charge on any atom is 0.306 e. The molecule has 0 radical (unpaired) electrons. The van der Waals surface area contributed by atoms with E-state index < -0.39 is 24.0 Å². The van der Waals surface area contributed by atoms with Crippen molar-refractivity contribution in [3.63, 3.8) is 0 Å². The summed E-state index contributed by atoms with van der Waals surface area (Å²) in [4.78, 5) is 34.8. The molecule has 0 aromatic rings. The van der Waals surface area contributed by atoms with Gasteiger partial charge < -0.3 is 14.2 Å². The summed E-state index contributed by atoms with van der Waals surface area (Å²) in [6.45, 7) is 10.8. The summed E-state index contributed by atoms with van der Waals surface area (Å²) in [6, 6.07) is 0. The number of ketones is 1. The van der Waals surface area contributed by atoms with Gasteiger partial charge >= 0.3 is 11.9 Å². The second-order valence-electron chi connectivity index (χ2n) is 7.98. The second kappa shape index (κ2) is 10.4. The molecule has 1 heterocycles. The second-order valence-corrected chi connectivity index (χ2v) is 7.98. The van der Waals surface area contributed by atoms with Crippen molar-refractivity contribution in [3.05, 3.63) is 23.8 Å². The normalized spacial score (nSPS) is 21.7. The van der Waals surface area contributed by atoms with Gasteiger partial charge in [0.2, 0.25) is 6.29 Å². The van der Waals surface area contributed by atoms with Crippen LogP contribution in [0.3, 0.4) is 0 Å². The molecule has 0 saturated heterocycles. The maximum absolute atomic E-state index is 12.1. The van der Waals surface area contributed by atoms with Crippen molar-refractivity contribution in [1.82, 2.24) is 0 Å². The molecule has 0 N–H and O–H groups in total. The van der Waals surface area contributed by atoms with Crippen molar-refractivity contribution < 1.29 is 28.6 Å². The molecular formula is C21H32O6. The Morgan fingerprint density at radius 1 is 1.26 bits per heavy atom. The van der Waals surface area contributed by atoms with Crippen molar-refractivity contribution in [1.29, 1.82) is 0 Å². The lowest BCUT2D eigenvalue weighted by atomic mass is 9.96. The Balaban J connectivity index is 2.45. The Morgan fingerprint density at radius 3 is 2.52 bits per heavy atom. The predicted octanol–water partition coefficient (Wildman–Crippen LogP) is 3.88. The van der Waals surface area contributed by atoms with Crippen molar-refractivity contribution >= 4 is 17.7 Å². The summed E-state index contributed by atoms with van der Waals surface area (Å²) in [5.41, 5.74) is 0.343. The first-order chi connectivity index (χ1) is 12.5. The van der Waals surface area contributed by atoms with Crippen molar-refractivity contribution in [2.75, 3.05) is 0 Å². The highest BCUT2D eigenvalue weighted by atomic mass is 16.7. The maximum atomic E-state index is 12.1. The zero-order valence-corrected chi connectivity index (χ0v) is 17.2. The number of ether oxygens (including phenoxy) is 3. The van der Waals surface area contributed by atoms with Crippen molar-refractivity contribution in [3.8, 4) is 0 Å². The molecule has 27 heavy (non-hydrogen) atoms. The molecule has 0 fully saturated rings. The van der Waals surface area contributed by atoms with Crippen molar-refractivity contribution in [2.24, 2.45) is 5.92 Å². The molecule has 0 aromatic carbocycles. The van der Waals surface area contributed by atoms with E-state index in [9.17, 15) is 14.4 Å². The summed E-state index contributed by atoms with van der Waals surface area (Å²) in [5, 5.41) is 0. The smallest absolute Gasteiger partial charge is 0.306 e. The number of esters is 2. The molecule has 6 nitrogen and oxygen atoms in total. The Labute approximate surface area is 161 Å². The van der Waals surface area contributed by atoms with Crippen LogP contribution < -0.4 is 0 Å². The molecule has 0 aliphatic carbocycles. The Bertz CT molecular complexity index is 596. The molecule has 3 atom stereocenters. The molecular weight excluding hydrogens is 348 g/mol. The van der Waals surface area contributed by atoms with E-state index in [-0.39, 0.29) is 17.7 Å². The minimum absolute atomic E-state index is 0.163. The lowest BCUT2D eigenvalue weighted by Gasteiger charge is -2.25. The average Bonchev–Trinajstić information content (AvgIpc) is 2.51. The third kappa shape index (κ3) is 9.52. The zero-order valence-electron chi connectivity index (χ0n) is 17.2. The monoisotopic (exact) mass is 380 g/mol. The van der Waals surface area contributed by atoms with Gasteiger partial charge in [0.1, 0.15) is 11.7 Å². The van der Waals surface area contributed by atoms with Gasteiger partial charge in [-0.05, 0) is 64.2 Å². The third-order valence-electron chi connectivity index (χ3n) is 3.90. The number of hydrogen-bond acceptors (Lipinski definition) is 6. The van der Waals surface area contributed by atoms with Crippen LogP contribution in [0.1, 0.15) is 67.2 Å². The van der Waals surface area contributed by atoms with Crippen LogP contribution in [0.5, 0.6) is 0 Å². The van der Waals surface area contributed by atoms with Gasteiger partial charge in [-0.15, -0.1) is 0 Å². The van der Waals surface area contributed by atoms with E-state index >= 15 is 0 Å². The van der Waals surface area contributed by atoms with Crippen LogP contribution in [0.4, 0.5) is 0 Å². The number of allylic oxidation sites excluding steroid dienone is 1. The SMILES string of the molecule is CC(=O)OC1C=CC(=O)[C@H](/C(C)=C/[C@H](C)CCCCC(=O)OC(C)(C)C)O1. The van der Waals surface area contributed by atoms with E-state index in [1.165, 1.54) is 19.1 Å². The molecule has 0 aromatic heterocycles. The number of unbranched alkanes of at least 4 members (excludes halogenated alkanes) is 1. The molecule has 0 amide bonds. The first kappa shape index (κ1) is 23.1.